The maximum absolute atomic E-state index is 10.7. The second kappa shape index (κ2) is 8.12. The van der Waals surface area contributed by atoms with Gasteiger partial charge in [-0.05, 0) is 24.6 Å². The van der Waals surface area contributed by atoms with E-state index in [1.54, 1.807) is 0 Å². The molecule has 0 bridgehead atoms. The fourth-order valence-corrected chi connectivity index (χ4v) is 2.65. The average molecular weight is 307 g/mol. The van der Waals surface area contributed by atoms with Crippen molar-refractivity contribution in [3.05, 3.63) is 29.8 Å². The van der Waals surface area contributed by atoms with Gasteiger partial charge >= 0.3 is 0 Å². The zero-order valence-corrected chi connectivity index (χ0v) is 13.1. The highest BCUT2D eigenvalue weighted by Crippen LogP contribution is 2.16. The van der Waals surface area contributed by atoms with Gasteiger partial charge in [-0.15, -0.1) is 0 Å². The van der Waals surface area contributed by atoms with E-state index in [1.807, 2.05) is 25.1 Å². The van der Waals surface area contributed by atoms with E-state index in [0.717, 1.165) is 44.8 Å². The number of rotatable bonds is 7. The van der Waals surface area contributed by atoms with Crippen molar-refractivity contribution in [3.63, 3.8) is 0 Å². The van der Waals surface area contributed by atoms with Crippen LogP contribution in [0.25, 0.3) is 0 Å². The average Bonchev–Trinajstić information content (AvgIpc) is 2.47. The molecule has 122 valence electrons. The minimum atomic E-state index is -0.473. The van der Waals surface area contributed by atoms with E-state index in [-0.39, 0.29) is 12.7 Å². The molecule has 6 nitrogen and oxygen atoms in total. The number of amides is 1. The third-order valence-corrected chi connectivity index (χ3v) is 3.67. The zero-order valence-electron chi connectivity index (χ0n) is 13.1. The van der Waals surface area contributed by atoms with Crippen LogP contribution in [0.2, 0.25) is 0 Å². The normalized spacial score (nSPS) is 18.1. The Morgan fingerprint density at radius 3 is 2.64 bits per heavy atom. The molecule has 1 unspecified atom stereocenters. The van der Waals surface area contributed by atoms with E-state index in [1.165, 1.54) is 0 Å². The number of benzene rings is 1. The molecule has 6 heteroatoms. The second-order valence-electron chi connectivity index (χ2n) is 5.83. The molecule has 1 aliphatic heterocycles. The number of aliphatic hydroxyl groups excluding tert-OH is 1. The number of nitrogens with zero attached hydrogens (tertiary/aromatic N) is 2. The summed E-state index contributed by atoms with van der Waals surface area (Å²) < 4.78 is 5.33. The Balaban J connectivity index is 1.81. The summed E-state index contributed by atoms with van der Waals surface area (Å²) in [6.07, 6.45) is -0.273. The number of nitrogens with two attached hydrogens (primary N) is 1. The van der Waals surface area contributed by atoms with Gasteiger partial charge in [-0.3, -0.25) is 14.6 Å². The standard InChI is InChI=1S/C16H25N3O3/c1-13(20)10-18-5-7-19(8-6-18)11-14-3-2-4-15(9-14)22-12-16(17)21/h2-4,9,13,20H,5-8,10-12H2,1H3,(H2,17,21). The molecular weight excluding hydrogens is 282 g/mol. The van der Waals surface area contributed by atoms with Gasteiger partial charge in [-0.25, -0.2) is 0 Å². The van der Waals surface area contributed by atoms with Gasteiger partial charge in [0.2, 0.25) is 0 Å². The first-order chi connectivity index (χ1) is 10.5. The summed E-state index contributed by atoms with van der Waals surface area (Å²) in [5.74, 6) is 0.198. The number of carbonyl (C=O) groups excluding carboxylic acids is 1. The third kappa shape index (κ3) is 5.63. The molecule has 22 heavy (non-hydrogen) atoms. The molecule has 1 aromatic rings. The molecular formula is C16H25N3O3. The minimum Gasteiger partial charge on any atom is -0.484 e. The number of β-amino-alcohol motifs (C(OH)–C–C–N with tert-alkyl or cyclic N) is 1. The Morgan fingerprint density at radius 2 is 2.00 bits per heavy atom. The predicted octanol–water partition coefficient (Wildman–Crippen LogP) is 0.0491. The van der Waals surface area contributed by atoms with Crippen molar-refractivity contribution in [2.45, 2.75) is 19.6 Å². The number of piperazine rings is 1. The van der Waals surface area contributed by atoms with Crippen LogP contribution in [0.4, 0.5) is 0 Å². The Morgan fingerprint density at radius 1 is 1.32 bits per heavy atom. The minimum absolute atomic E-state index is 0.0958. The smallest absolute Gasteiger partial charge is 0.255 e. The largest absolute Gasteiger partial charge is 0.484 e. The maximum atomic E-state index is 10.7. The molecule has 1 fully saturated rings. The number of hydrogen-bond donors (Lipinski definition) is 2. The lowest BCUT2D eigenvalue weighted by Gasteiger charge is -2.35. The zero-order chi connectivity index (χ0) is 15.9. The lowest BCUT2D eigenvalue weighted by Crippen LogP contribution is -2.47. The highest BCUT2D eigenvalue weighted by atomic mass is 16.5. The van der Waals surface area contributed by atoms with E-state index in [2.05, 4.69) is 15.9 Å². The van der Waals surface area contributed by atoms with Gasteiger partial charge in [0, 0.05) is 39.3 Å². The van der Waals surface area contributed by atoms with E-state index >= 15 is 0 Å². The van der Waals surface area contributed by atoms with Gasteiger partial charge in [0.15, 0.2) is 6.61 Å². The first-order valence-corrected chi connectivity index (χ1v) is 7.66. The van der Waals surface area contributed by atoms with Crippen molar-refractivity contribution >= 4 is 5.91 Å². The number of carbonyl (C=O) groups is 1. The van der Waals surface area contributed by atoms with Gasteiger partial charge in [-0.2, -0.15) is 0 Å². The van der Waals surface area contributed by atoms with Crippen LogP contribution in [0.15, 0.2) is 24.3 Å². The molecule has 0 aliphatic carbocycles. The monoisotopic (exact) mass is 307 g/mol. The molecule has 0 aromatic heterocycles. The van der Waals surface area contributed by atoms with Crippen LogP contribution < -0.4 is 10.5 Å². The highest BCUT2D eigenvalue weighted by molar-refractivity contribution is 5.75. The fraction of sp³-hybridized carbons (Fsp3) is 0.562. The molecule has 1 aromatic carbocycles. The number of ether oxygens (including phenoxy) is 1. The summed E-state index contributed by atoms with van der Waals surface area (Å²) in [4.78, 5) is 15.4. The Kier molecular flexibility index (Phi) is 6.18. The quantitative estimate of drug-likeness (QED) is 0.744. The molecule has 1 aliphatic rings. The van der Waals surface area contributed by atoms with Gasteiger partial charge in [0.25, 0.3) is 5.91 Å². The van der Waals surface area contributed by atoms with Crippen LogP contribution in [-0.2, 0) is 11.3 Å². The van der Waals surface area contributed by atoms with Gasteiger partial charge in [0.1, 0.15) is 5.75 Å². The van der Waals surface area contributed by atoms with E-state index in [9.17, 15) is 9.90 Å². The SMILES string of the molecule is CC(O)CN1CCN(Cc2cccc(OCC(N)=O)c2)CC1. The van der Waals surface area contributed by atoms with Crippen molar-refractivity contribution in [1.29, 1.82) is 0 Å². The van der Waals surface area contributed by atoms with Crippen LogP contribution >= 0.6 is 0 Å². The molecule has 1 atom stereocenters. The second-order valence-corrected chi connectivity index (χ2v) is 5.83. The molecule has 0 spiro atoms. The first kappa shape index (κ1) is 16.7. The van der Waals surface area contributed by atoms with E-state index in [4.69, 9.17) is 10.5 Å². The highest BCUT2D eigenvalue weighted by Gasteiger charge is 2.17. The summed E-state index contributed by atoms with van der Waals surface area (Å²) in [7, 11) is 0. The number of aliphatic hydroxyl groups is 1. The number of primary amides is 1. The molecule has 0 saturated carbocycles. The van der Waals surface area contributed by atoms with E-state index in [0.29, 0.717) is 5.75 Å². The van der Waals surface area contributed by atoms with Crippen molar-refractivity contribution in [2.75, 3.05) is 39.3 Å². The van der Waals surface area contributed by atoms with Crippen LogP contribution in [-0.4, -0.2) is 66.2 Å². The lowest BCUT2D eigenvalue weighted by molar-refractivity contribution is -0.119. The fourth-order valence-electron chi connectivity index (χ4n) is 2.65. The van der Waals surface area contributed by atoms with Crippen LogP contribution in [0.1, 0.15) is 12.5 Å². The van der Waals surface area contributed by atoms with Crippen molar-refractivity contribution in [3.8, 4) is 5.75 Å². The number of hydrogen-bond acceptors (Lipinski definition) is 5. The molecule has 1 saturated heterocycles. The summed E-state index contributed by atoms with van der Waals surface area (Å²) in [6.45, 7) is 7.25. The summed E-state index contributed by atoms with van der Waals surface area (Å²) in [5.41, 5.74) is 6.24. The first-order valence-electron chi connectivity index (χ1n) is 7.66. The van der Waals surface area contributed by atoms with Gasteiger partial charge in [-0.1, -0.05) is 12.1 Å². The molecule has 1 heterocycles. The Hall–Kier alpha value is -1.63. The van der Waals surface area contributed by atoms with Gasteiger partial charge in [0.05, 0.1) is 6.10 Å². The Labute approximate surface area is 131 Å². The topological polar surface area (TPSA) is 79.0 Å². The van der Waals surface area contributed by atoms with Crippen molar-refractivity contribution in [2.24, 2.45) is 5.73 Å². The summed E-state index contributed by atoms with van der Waals surface area (Å²) in [5, 5.41) is 9.42. The summed E-state index contributed by atoms with van der Waals surface area (Å²) >= 11 is 0. The maximum Gasteiger partial charge on any atom is 0.255 e. The molecule has 2 rings (SSSR count). The third-order valence-electron chi connectivity index (χ3n) is 3.67. The van der Waals surface area contributed by atoms with E-state index < -0.39 is 5.91 Å². The van der Waals surface area contributed by atoms with Crippen molar-refractivity contribution in [1.82, 2.24) is 9.80 Å². The molecule has 1 amide bonds. The summed E-state index contributed by atoms with van der Waals surface area (Å²) in [6, 6.07) is 7.76. The predicted molar refractivity (Wildman–Crippen MR) is 84.5 cm³/mol. The Bertz CT molecular complexity index is 485. The molecule has 0 radical (unpaired) electrons. The lowest BCUT2D eigenvalue weighted by atomic mass is 10.2. The van der Waals surface area contributed by atoms with Crippen molar-refractivity contribution < 1.29 is 14.6 Å². The van der Waals surface area contributed by atoms with Gasteiger partial charge < -0.3 is 15.6 Å². The van der Waals surface area contributed by atoms with Crippen LogP contribution in [0, 0.1) is 0 Å². The van der Waals surface area contributed by atoms with Crippen LogP contribution in [0.5, 0.6) is 5.75 Å². The van der Waals surface area contributed by atoms with Crippen LogP contribution in [0.3, 0.4) is 0 Å². The molecule has 3 N–H and O–H groups in total.